The van der Waals surface area contributed by atoms with Crippen LogP contribution in [-0.2, 0) is 30.3 Å². The van der Waals surface area contributed by atoms with Gasteiger partial charge in [0.2, 0.25) is 17.7 Å². The summed E-state index contributed by atoms with van der Waals surface area (Å²) in [6.45, 7) is -2.23. The minimum atomic E-state index is -2.08. The summed E-state index contributed by atoms with van der Waals surface area (Å²) in [7, 11) is 0. The first kappa shape index (κ1) is 41.0. The van der Waals surface area contributed by atoms with E-state index in [1.165, 1.54) is 24.3 Å². The number of nitrogens with one attached hydrogen (secondary N) is 4. The average molecular weight is 755 g/mol. The first-order valence-electron chi connectivity index (χ1n) is 16.4. The molecule has 0 aromatic heterocycles. The number of phenolic OH excluding ortho intramolecular Hbond substituents is 1. The first-order valence-corrected chi connectivity index (χ1v) is 16.4. The second kappa shape index (κ2) is 17.9. The zero-order chi connectivity index (χ0) is 39.1. The van der Waals surface area contributed by atoms with E-state index in [4.69, 9.17) is 21.9 Å². The molecule has 0 saturated carbocycles. The number of aliphatic imine (C=N–C) groups is 2. The Morgan fingerprint density at radius 1 is 0.925 bits per heavy atom. The number of hydrogen-bond acceptors (Lipinski definition) is 20. The molecule has 53 heavy (non-hydrogen) atoms. The van der Waals surface area contributed by atoms with Crippen LogP contribution in [0.5, 0.6) is 5.75 Å². The molecule has 3 amide bonds. The largest absolute Gasteiger partial charge is 0.508 e. The van der Waals surface area contributed by atoms with Crippen LogP contribution in [0, 0.1) is 0 Å². The maximum absolute atomic E-state index is 14.0. The fourth-order valence-corrected chi connectivity index (χ4v) is 6.05. The van der Waals surface area contributed by atoms with Crippen LogP contribution < -0.4 is 38.5 Å². The predicted molar refractivity (Wildman–Crippen MR) is 180 cm³/mol. The minimum absolute atomic E-state index is 0.0282. The summed E-state index contributed by atoms with van der Waals surface area (Å²) in [4.78, 5) is 61.3. The van der Waals surface area contributed by atoms with Crippen LogP contribution in [0.2, 0.25) is 0 Å². The number of aliphatic hydroxyl groups excluding tert-OH is 7. The molecule has 23 nitrogen and oxygen atoms in total. The molecule has 1 fully saturated rings. The molecule has 3 aliphatic heterocycles. The molecule has 0 bridgehead atoms. The molecule has 0 spiro atoms. The maximum Gasteiger partial charge on any atom is 0.246 e. The molecule has 1 saturated heterocycles. The molecule has 294 valence electrons. The zero-order valence-electron chi connectivity index (χ0n) is 28.1. The third-order valence-corrected chi connectivity index (χ3v) is 9.06. The lowest BCUT2D eigenvalue weighted by molar-refractivity contribution is -0.260. The van der Waals surface area contributed by atoms with Crippen molar-refractivity contribution in [2.45, 2.75) is 85.5 Å². The average Bonchev–Trinajstić information content (AvgIpc) is 3.76. The first-order chi connectivity index (χ1) is 25.1. The smallest absolute Gasteiger partial charge is 0.246 e. The number of hydrogen-bond donors (Lipinski definition) is 15. The molecular formula is C30H46N10O13. The molecular weight excluding hydrogens is 708 g/mol. The third kappa shape index (κ3) is 9.45. The van der Waals surface area contributed by atoms with Crippen molar-refractivity contribution in [1.82, 2.24) is 26.2 Å². The van der Waals surface area contributed by atoms with Crippen LogP contribution in [0.1, 0.15) is 5.56 Å². The number of aliphatic hydroxyl groups is 7. The number of carbonyl (C=O) groups is 4. The van der Waals surface area contributed by atoms with Gasteiger partial charge in [-0.1, -0.05) is 12.1 Å². The van der Waals surface area contributed by atoms with Crippen molar-refractivity contribution in [2.75, 3.05) is 26.3 Å². The van der Waals surface area contributed by atoms with Gasteiger partial charge in [0, 0.05) is 0 Å². The van der Waals surface area contributed by atoms with E-state index < -0.39 is 117 Å². The van der Waals surface area contributed by atoms with Gasteiger partial charge < -0.3 is 93.8 Å². The van der Waals surface area contributed by atoms with Gasteiger partial charge in [-0.3, -0.25) is 24.4 Å². The quantitative estimate of drug-likeness (QED) is 0.0697. The molecule has 0 aliphatic carbocycles. The maximum atomic E-state index is 14.0. The van der Waals surface area contributed by atoms with Crippen molar-refractivity contribution in [3.05, 3.63) is 29.8 Å². The number of rotatable bonds is 16. The van der Waals surface area contributed by atoms with Crippen molar-refractivity contribution in [1.29, 1.82) is 0 Å². The zero-order valence-corrected chi connectivity index (χ0v) is 28.1. The lowest BCUT2D eigenvalue weighted by Gasteiger charge is -2.46. The van der Waals surface area contributed by atoms with Gasteiger partial charge in [-0.15, -0.1) is 0 Å². The number of carbonyl (C=O) groups excluding carboxylic acids is 4. The normalized spacial score (nSPS) is 29.0. The lowest BCUT2D eigenvalue weighted by Crippen LogP contribution is -2.70. The Labute approximate surface area is 301 Å². The number of benzene rings is 1. The molecule has 1 aromatic carbocycles. The molecule has 4 rings (SSSR count). The van der Waals surface area contributed by atoms with Crippen molar-refractivity contribution in [3.8, 4) is 5.75 Å². The summed E-state index contributed by atoms with van der Waals surface area (Å²) in [6, 6.07) is -3.49. The summed E-state index contributed by atoms with van der Waals surface area (Å²) in [6.07, 6.45) is -12.4. The summed E-state index contributed by atoms with van der Waals surface area (Å²) in [5.41, 5.74) is 18.4. The van der Waals surface area contributed by atoms with Gasteiger partial charge in [0.25, 0.3) is 0 Å². The minimum Gasteiger partial charge on any atom is -0.508 e. The van der Waals surface area contributed by atoms with Gasteiger partial charge in [-0.25, -0.2) is 0 Å². The lowest BCUT2D eigenvalue weighted by atomic mass is 9.95. The van der Waals surface area contributed by atoms with Gasteiger partial charge in [-0.05, 0) is 24.1 Å². The van der Waals surface area contributed by atoms with Crippen LogP contribution in [0.25, 0.3) is 0 Å². The monoisotopic (exact) mass is 754 g/mol. The number of nitrogens with zero attached hydrogens (tertiary/aromatic N) is 3. The Morgan fingerprint density at radius 2 is 1.55 bits per heavy atom. The van der Waals surface area contributed by atoms with Crippen LogP contribution >= 0.6 is 0 Å². The van der Waals surface area contributed by atoms with Crippen molar-refractivity contribution < 1.29 is 64.8 Å². The fraction of sp³-hybridized carbons (Fsp3) is 0.600. The number of aromatic hydroxyl groups is 1. The summed E-state index contributed by atoms with van der Waals surface area (Å²) in [5, 5.41) is 92.7. The number of amides is 3. The Kier molecular flexibility index (Phi) is 13.8. The summed E-state index contributed by atoms with van der Waals surface area (Å²) < 4.78 is 5.58. The van der Waals surface area contributed by atoms with Crippen molar-refractivity contribution in [3.63, 3.8) is 0 Å². The van der Waals surface area contributed by atoms with E-state index in [1.54, 1.807) is 0 Å². The fourth-order valence-electron chi connectivity index (χ4n) is 6.05. The van der Waals surface area contributed by atoms with E-state index in [-0.39, 0.29) is 36.9 Å². The summed E-state index contributed by atoms with van der Waals surface area (Å²) >= 11 is 0. The third-order valence-electron chi connectivity index (χ3n) is 9.06. The number of ether oxygens (including phenoxy) is 1. The van der Waals surface area contributed by atoms with Gasteiger partial charge >= 0.3 is 0 Å². The molecule has 1 aromatic rings. The van der Waals surface area contributed by atoms with E-state index in [9.17, 15) is 60.0 Å². The molecule has 23 heteroatoms. The highest BCUT2D eigenvalue weighted by Gasteiger charge is 2.52. The Morgan fingerprint density at radius 3 is 2.13 bits per heavy atom. The topological polar surface area (TPSA) is 393 Å². The van der Waals surface area contributed by atoms with Gasteiger partial charge in [-0.2, -0.15) is 0 Å². The molecule has 18 N–H and O–H groups in total. The molecule has 3 aliphatic rings. The van der Waals surface area contributed by atoms with Crippen molar-refractivity contribution in [2.24, 2.45) is 27.2 Å². The predicted octanol–water partition coefficient (Wildman–Crippen LogP) is -9.29. The van der Waals surface area contributed by atoms with Gasteiger partial charge in [0.15, 0.2) is 18.1 Å². The molecule has 13 atom stereocenters. The van der Waals surface area contributed by atoms with E-state index in [0.717, 1.165) is 4.90 Å². The second-order valence-electron chi connectivity index (χ2n) is 12.7. The van der Waals surface area contributed by atoms with E-state index >= 15 is 0 Å². The summed E-state index contributed by atoms with van der Waals surface area (Å²) in [5.74, 6) is -3.92. The molecule has 3 heterocycles. The number of guanidine groups is 2. The van der Waals surface area contributed by atoms with E-state index in [1.807, 2.05) is 0 Å². The van der Waals surface area contributed by atoms with Crippen LogP contribution in [0.3, 0.4) is 0 Å². The number of phenols is 1. The standard InChI is InChI=1S/C30H46N10O13/c31-14(5-11-1-3-13(44)4-2-11)25(50)38-18(20(45)15-6-34-29(32)37-15)27(52)39-19(26(51)36-12(8-41)9-42)21(46)16-7-35-30(33)40(16)28-24(49)23(48)22(47)17(10-43)53-28/h1-4,8,12,14-24,28,42-49H,5-7,9-10,31H2,(H2,33,35)(H,36,51)(H,38,50)(H,39,52)(H3,32,34,37)/t12-,14?,15?,16?,17-,18+,19-,20?,21?,22-,23+,24+,28?/m1/s1. The highest BCUT2D eigenvalue weighted by Crippen LogP contribution is 2.28. The Balaban J connectivity index is 1.63. The highest BCUT2D eigenvalue weighted by molar-refractivity contribution is 5.94. The Hall–Kier alpha value is -4.72. The van der Waals surface area contributed by atoms with Crippen molar-refractivity contribution >= 4 is 35.9 Å². The highest BCUT2D eigenvalue weighted by atomic mass is 16.6. The van der Waals surface area contributed by atoms with Gasteiger partial charge in [0.05, 0.1) is 44.4 Å². The van der Waals surface area contributed by atoms with Crippen LogP contribution in [-0.4, -0.2) is 187 Å². The van der Waals surface area contributed by atoms with Crippen LogP contribution in [0.15, 0.2) is 34.3 Å². The molecule has 6 unspecified atom stereocenters. The van der Waals surface area contributed by atoms with E-state index in [2.05, 4.69) is 31.3 Å². The SMILES string of the molecule is NC1=NCC(C(O)[C@H](NC(=O)C(N)Cc2ccc(O)cc2)C(=O)N[C@@H](C(=O)N[C@H](C=O)CO)C(O)C2CN=C(N)N2C2O[C@H](CO)[C@@H](O)[C@H](O)[C@@H]2O)N1. The van der Waals surface area contributed by atoms with Crippen LogP contribution in [0.4, 0.5) is 0 Å². The Bertz CT molecular complexity index is 1520. The van der Waals surface area contributed by atoms with Gasteiger partial charge in [0.1, 0.15) is 66.8 Å². The number of nitrogens with two attached hydrogens (primary N) is 3. The number of aldehydes is 1. The molecule has 0 radical (unpaired) electrons. The second-order valence-corrected chi connectivity index (χ2v) is 12.7. The van der Waals surface area contributed by atoms with E-state index in [0.29, 0.717) is 5.56 Å².